The molecule has 0 fully saturated rings. The van der Waals surface area contributed by atoms with Gasteiger partial charge in [0, 0.05) is 11.5 Å². The van der Waals surface area contributed by atoms with Crippen molar-refractivity contribution in [3.05, 3.63) is 65.7 Å². The van der Waals surface area contributed by atoms with Crippen molar-refractivity contribution >= 4 is 5.91 Å². The summed E-state index contributed by atoms with van der Waals surface area (Å²) in [5, 5.41) is 22.6. The van der Waals surface area contributed by atoms with Crippen molar-refractivity contribution < 1.29 is 19.7 Å². The maximum Gasteiger partial charge on any atom is 0.253 e. The van der Waals surface area contributed by atoms with Gasteiger partial charge < -0.3 is 20.3 Å². The van der Waals surface area contributed by atoms with E-state index in [2.05, 4.69) is 5.32 Å². The lowest BCUT2D eigenvalue weighted by molar-refractivity contribution is -0.131. The number of hydrogen-bond donors (Lipinski definition) is 3. The Kier molecular flexibility index (Phi) is 4.60. The number of amides is 1. The van der Waals surface area contributed by atoms with Gasteiger partial charge in [0.1, 0.15) is 5.75 Å². The summed E-state index contributed by atoms with van der Waals surface area (Å²) in [6.45, 7) is 0.209. The molecule has 3 atom stereocenters. The number of ether oxygens (including phenoxy) is 1. The predicted octanol–water partition coefficient (Wildman–Crippen LogP) is 1.58. The second-order valence-electron chi connectivity index (χ2n) is 5.59. The Bertz CT molecular complexity index is 674. The van der Waals surface area contributed by atoms with E-state index in [1.165, 1.54) is 0 Å². The van der Waals surface area contributed by atoms with Crippen LogP contribution in [0.3, 0.4) is 0 Å². The SMILES string of the molecule is O=C(N[C@H]1c2ccccc2OC[C@H]1CO)[C@@H](O)c1ccccc1. The van der Waals surface area contributed by atoms with Crippen molar-refractivity contribution in [2.45, 2.75) is 12.1 Å². The van der Waals surface area contributed by atoms with Crippen molar-refractivity contribution in [3.8, 4) is 5.75 Å². The van der Waals surface area contributed by atoms with Crippen molar-refractivity contribution in [3.63, 3.8) is 0 Å². The minimum Gasteiger partial charge on any atom is -0.493 e. The standard InChI is InChI=1S/C18H19NO4/c20-10-13-11-23-15-9-5-4-8-14(15)16(13)19-18(22)17(21)12-6-2-1-3-7-12/h1-9,13,16-17,20-21H,10-11H2,(H,19,22)/t13-,16-,17+/m1/s1. The predicted molar refractivity (Wildman–Crippen MR) is 84.8 cm³/mol. The molecule has 0 spiro atoms. The van der Waals surface area contributed by atoms with Crippen LogP contribution in [0.4, 0.5) is 0 Å². The molecule has 1 aliphatic heterocycles. The van der Waals surface area contributed by atoms with E-state index in [1.54, 1.807) is 24.3 Å². The van der Waals surface area contributed by atoms with Gasteiger partial charge >= 0.3 is 0 Å². The summed E-state index contributed by atoms with van der Waals surface area (Å²) in [5.41, 5.74) is 1.34. The van der Waals surface area contributed by atoms with Crippen LogP contribution in [0.15, 0.2) is 54.6 Å². The molecule has 3 N–H and O–H groups in total. The van der Waals surface area contributed by atoms with Crippen molar-refractivity contribution in [2.75, 3.05) is 13.2 Å². The molecule has 1 aliphatic rings. The first kappa shape index (κ1) is 15.5. The molecule has 0 bridgehead atoms. The molecule has 1 heterocycles. The molecule has 120 valence electrons. The van der Waals surface area contributed by atoms with Crippen LogP contribution in [0.2, 0.25) is 0 Å². The number of aliphatic hydroxyl groups excluding tert-OH is 2. The third-order valence-electron chi connectivity index (χ3n) is 4.07. The monoisotopic (exact) mass is 313 g/mol. The van der Waals surface area contributed by atoms with Crippen molar-refractivity contribution in [1.29, 1.82) is 0 Å². The number of para-hydroxylation sites is 1. The maximum atomic E-state index is 12.4. The molecule has 0 saturated heterocycles. The first-order valence-electron chi connectivity index (χ1n) is 7.56. The zero-order valence-corrected chi connectivity index (χ0v) is 12.6. The third kappa shape index (κ3) is 3.21. The quantitative estimate of drug-likeness (QED) is 0.801. The molecule has 5 nitrogen and oxygen atoms in total. The van der Waals surface area contributed by atoms with Gasteiger partial charge in [0.15, 0.2) is 6.10 Å². The molecule has 2 aromatic rings. The molecule has 0 saturated carbocycles. The summed E-state index contributed by atoms with van der Waals surface area (Å²) in [4.78, 5) is 12.4. The highest BCUT2D eigenvalue weighted by molar-refractivity contribution is 5.82. The van der Waals surface area contributed by atoms with Crippen LogP contribution < -0.4 is 10.1 Å². The van der Waals surface area contributed by atoms with Crippen LogP contribution in [0.25, 0.3) is 0 Å². The average molecular weight is 313 g/mol. The maximum absolute atomic E-state index is 12.4. The first-order valence-corrected chi connectivity index (χ1v) is 7.56. The Hall–Kier alpha value is -2.37. The van der Waals surface area contributed by atoms with Crippen LogP contribution in [-0.4, -0.2) is 29.3 Å². The van der Waals surface area contributed by atoms with E-state index < -0.39 is 18.1 Å². The van der Waals surface area contributed by atoms with E-state index in [9.17, 15) is 15.0 Å². The number of carbonyl (C=O) groups excluding carboxylic acids is 1. The van der Waals surface area contributed by atoms with E-state index >= 15 is 0 Å². The highest BCUT2D eigenvalue weighted by Crippen LogP contribution is 2.35. The lowest BCUT2D eigenvalue weighted by Gasteiger charge is -2.33. The Morgan fingerprint density at radius 3 is 2.61 bits per heavy atom. The first-order chi connectivity index (χ1) is 11.2. The fraction of sp³-hybridized carbons (Fsp3) is 0.278. The van der Waals surface area contributed by atoms with Gasteiger partial charge in [-0.25, -0.2) is 0 Å². The lowest BCUT2D eigenvalue weighted by Crippen LogP contribution is -2.42. The van der Waals surface area contributed by atoms with Crippen LogP contribution >= 0.6 is 0 Å². The van der Waals surface area contributed by atoms with Gasteiger partial charge in [0.25, 0.3) is 5.91 Å². The molecule has 0 aromatic heterocycles. The third-order valence-corrected chi connectivity index (χ3v) is 4.07. The van der Waals surface area contributed by atoms with Crippen LogP contribution in [-0.2, 0) is 4.79 Å². The number of nitrogens with one attached hydrogen (secondary N) is 1. The summed E-state index contributed by atoms with van der Waals surface area (Å²) in [6.07, 6.45) is -1.24. The molecule has 3 rings (SSSR count). The highest BCUT2D eigenvalue weighted by atomic mass is 16.5. The number of hydrogen-bond acceptors (Lipinski definition) is 4. The number of fused-ring (bicyclic) bond motifs is 1. The van der Waals surface area contributed by atoms with E-state index in [4.69, 9.17) is 4.74 Å². The number of carbonyl (C=O) groups is 1. The Morgan fingerprint density at radius 1 is 1.17 bits per heavy atom. The van der Waals surface area contributed by atoms with Gasteiger partial charge in [-0.2, -0.15) is 0 Å². The zero-order valence-electron chi connectivity index (χ0n) is 12.6. The summed E-state index contributed by atoms with van der Waals surface area (Å²) in [7, 11) is 0. The molecule has 0 radical (unpaired) electrons. The van der Waals surface area contributed by atoms with Gasteiger partial charge in [-0.15, -0.1) is 0 Å². The summed E-state index contributed by atoms with van der Waals surface area (Å²) >= 11 is 0. The zero-order chi connectivity index (χ0) is 16.2. The van der Waals surface area contributed by atoms with Gasteiger partial charge in [0.05, 0.1) is 19.3 Å². The van der Waals surface area contributed by atoms with E-state index in [-0.39, 0.29) is 12.5 Å². The molecule has 23 heavy (non-hydrogen) atoms. The molecule has 0 unspecified atom stereocenters. The second-order valence-corrected chi connectivity index (χ2v) is 5.59. The van der Waals surface area contributed by atoms with Gasteiger partial charge in [-0.1, -0.05) is 48.5 Å². The number of benzene rings is 2. The average Bonchev–Trinajstić information content (AvgIpc) is 2.62. The Labute approximate surface area is 134 Å². The smallest absolute Gasteiger partial charge is 0.253 e. The Balaban J connectivity index is 1.81. The van der Waals surface area contributed by atoms with Gasteiger partial charge in [-0.05, 0) is 11.6 Å². The molecule has 2 aromatic carbocycles. The Morgan fingerprint density at radius 2 is 1.87 bits per heavy atom. The van der Waals surface area contributed by atoms with Crippen LogP contribution in [0.5, 0.6) is 5.75 Å². The van der Waals surface area contributed by atoms with Crippen molar-refractivity contribution in [2.24, 2.45) is 5.92 Å². The molecular weight excluding hydrogens is 294 g/mol. The van der Waals surface area contributed by atoms with Gasteiger partial charge in [0.2, 0.25) is 0 Å². The van der Waals surface area contributed by atoms with Crippen LogP contribution in [0, 0.1) is 5.92 Å². The topological polar surface area (TPSA) is 78.8 Å². The summed E-state index contributed by atoms with van der Waals surface area (Å²) < 4.78 is 5.61. The highest BCUT2D eigenvalue weighted by Gasteiger charge is 2.33. The number of rotatable bonds is 4. The molecular formula is C18H19NO4. The minimum atomic E-state index is -1.24. The normalized spacial score (nSPS) is 21.0. The van der Waals surface area contributed by atoms with E-state index in [0.29, 0.717) is 17.9 Å². The lowest BCUT2D eigenvalue weighted by atomic mass is 9.90. The van der Waals surface area contributed by atoms with Gasteiger partial charge in [-0.3, -0.25) is 4.79 Å². The molecule has 5 heteroatoms. The van der Waals surface area contributed by atoms with E-state index in [0.717, 1.165) is 5.56 Å². The second kappa shape index (κ2) is 6.81. The molecule has 1 amide bonds. The van der Waals surface area contributed by atoms with E-state index in [1.807, 2.05) is 30.3 Å². The minimum absolute atomic E-state index is 0.110. The summed E-state index contributed by atoms with van der Waals surface area (Å²) in [6, 6.07) is 15.8. The van der Waals surface area contributed by atoms with Crippen molar-refractivity contribution in [1.82, 2.24) is 5.32 Å². The summed E-state index contributed by atoms with van der Waals surface area (Å²) in [5.74, 6) is -0.0510. The fourth-order valence-corrected chi connectivity index (χ4v) is 2.79. The fourth-order valence-electron chi connectivity index (χ4n) is 2.79. The molecule has 0 aliphatic carbocycles. The van der Waals surface area contributed by atoms with Crippen LogP contribution in [0.1, 0.15) is 23.3 Å². The largest absolute Gasteiger partial charge is 0.493 e. The number of aliphatic hydroxyl groups is 2.